The molecule has 0 aromatic carbocycles. The summed E-state index contributed by atoms with van der Waals surface area (Å²) >= 11 is 5.90. The lowest BCUT2D eigenvalue weighted by Gasteiger charge is -2.25. The van der Waals surface area contributed by atoms with Gasteiger partial charge in [-0.3, -0.25) is 14.8 Å². The van der Waals surface area contributed by atoms with Gasteiger partial charge < -0.3 is 15.0 Å². The van der Waals surface area contributed by atoms with Crippen molar-refractivity contribution in [2.24, 2.45) is 5.73 Å². The Hall–Kier alpha value is -2.77. The van der Waals surface area contributed by atoms with Gasteiger partial charge in [0.05, 0.1) is 28.6 Å². The first kappa shape index (κ1) is 19.0. The smallest absolute Gasteiger partial charge is 0.250 e. The van der Waals surface area contributed by atoms with E-state index in [1.54, 1.807) is 30.5 Å². The van der Waals surface area contributed by atoms with Crippen LogP contribution in [-0.2, 0) is 16.9 Å². The van der Waals surface area contributed by atoms with Gasteiger partial charge in [-0.1, -0.05) is 16.8 Å². The van der Waals surface area contributed by atoms with Crippen LogP contribution in [0.25, 0.3) is 11.4 Å². The van der Waals surface area contributed by atoms with E-state index < -0.39 is 11.5 Å². The number of amides is 1. The number of nitrogens with zero attached hydrogens (tertiary/aromatic N) is 3. The lowest BCUT2D eigenvalue weighted by atomic mass is 10.0. The van der Waals surface area contributed by atoms with Crippen molar-refractivity contribution >= 4 is 17.5 Å². The molecule has 0 saturated carbocycles. The summed E-state index contributed by atoms with van der Waals surface area (Å²) < 4.78 is 11.4. The number of aryl methyl sites for hydroxylation is 1. The molecule has 0 atom stereocenters. The SMILES string of the molecule is Cc1onc(-c2ccc(Cl)cn2)c1COC(C)(C)c1ccc(C(N)=O)cn1. The van der Waals surface area contributed by atoms with E-state index in [0.717, 1.165) is 5.56 Å². The average molecular weight is 387 g/mol. The van der Waals surface area contributed by atoms with Gasteiger partial charge in [0.1, 0.15) is 17.1 Å². The number of rotatable bonds is 6. The number of nitrogens with two attached hydrogens (primary N) is 1. The molecule has 27 heavy (non-hydrogen) atoms. The molecular formula is C19H19ClN4O3. The maximum atomic E-state index is 11.2. The number of pyridine rings is 2. The molecule has 0 aliphatic rings. The van der Waals surface area contributed by atoms with Gasteiger partial charge in [-0.25, -0.2) is 0 Å². The lowest BCUT2D eigenvalue weighted by Crippen LogP contribution is -2.23. The van der Waals surface area contributed by atoms with Crippen LogP contribution in [0.2, 0.25) is 5.02 Å². The van der Waals surface area contributed by atoms with E-state index in [2.05, 4.69) is 15.1 Å². The van der Waals surface area contributed by atoms with E-state index in [4.69, 9.17) is 26.6 Å². The van der Waals surface area contributed by atoms with Crippen molar-refractivity contribution in [3.63, 3.8) is 0 Å². The van der Waals surface area contributed by atoms with E-state index in [0.29, 0.717) is 33.4 Å². The third kappa shape index (κ3) is 4.15. The topological polar surface area (TPSA) is 104 Å². The number of hydrogen-bond acceptors (Lipinski definition) is 6. The van der Waals surface area contributed by atoms with Gasteiger partial charge >= 0.3 is 0 Å². The molecule has 0 saturated heterocycles. The number of aromatic nitrogens is 3. The highest BCUT2D eigenvalue weighted by molar-refractivity contribution is 6.30. The predicted octanol–water partition coefficient (Wildman–Crippen LogP) is 3.64. The van der Waals surface area contributed by atoms with Gasteiger partial charge in [-0.15, -0.1) is 0 Å². The third-order valence-electron chi connectivity index (χ3n) is 4.20. The van der Waals surface area contributed by atoms with E-state index in [1.165, 1.54) is 6.20 Å². The number of ether oxygens (including phenoxy) is 1. The molecule has 140 valence electrons. The Morgan fingerprint density at radius 1 is 1.22 bits per heavy atom. The van der Waals surface area contributed by atoms with Crippen LogP contribution in [0.1, 0.15) is 41.2 Å². The maximum Gasteiger partial charge on any atom is 0.250 e. The molecule has 3 heterocycles. The third-order valence-corrected chi connectivity index (χ3v) is 4.42. The second-order valence-electron chi connectivity index (χ2n) is 6.52. The molecule has 3 rings (SSSR count). The number of halogens is 1. The molecule has 3 aromatic rings. The molecule has 0 fully saturated rings. The summed E-state index contributed by atoms with van der Waals surface area (Å²) in [5, 5.41) is 4.64. The fourth-order valence-electron chi connectivity index (χ4n) is 2.50. The fourth-order valence-corrected chi connectivity index (χ4v) is 2.61. The molecule has 2 N–H and O–H groups in total. The normalized spacial score (nSPS) is 11.6. The van der Waals surface area contributed by atoms with Gasteiger partial charge in [0.2, 0.25) is 5.91 Å². The molecular weight excluding hydrogens is 368 g/mol. The first-order valence-electron chi connectivity index (χ1n) is 8.25. The van der Waals surface area contributed by atoms with Crippen molar-refractivity contribution in [1.29, 1.82) is 0 Å². The molecule has 0 aliphatic carbocycles. The summed E-state index contributed by atoms with van der Waals surface area (Å²) in [6, 6.07) is 6.87. The fraction of sp³-hybridized carbons (Fsp3) is 0.263. The van der Waals surface area contributed by atoms with Crippen LogP contribution in [0.15, 0.2) is 41.2 Å². The van der Waals surface area contributed by atoms with E-state index >= 15 is 0 Å². The highest BCUT2D eigenvalue weighted by Crippen LogP contribution is 2.29. The van der Waals surface area contributed by atoms with Gasteiger partial charge in [0.15, 0.2) is 0 Å². The summed E-state index contributed by atoms with van der Waals surface area (Å²) in [6.07, 6.45) is 3.00. The van der Waals surface area contributed by atoms with E-state index in [1.807, 2.05) is 20.8 Å². The van der Waals surface area contributed by atoms with Crippen LogP contribution in [-0.4, -0.2) is 21.0 Å². The van der Waals surface area contributed by atoms with Crippen molar-refractivity contribution in [2.45, 2.75) is 33.0 Å². The second-order valence-corrected chi connectivity index (χ2v) is 6.96. The summed E-state index contributed by atoms with van der Waals surface area (Å²) in [5.74, 6) is 0.127. The summed E-state index contributed by atoms with van der Waals surface area (Å²) in [6.45, 7) is 5.85. The zero-order valence-corrected chi connectivity index (χ0v) is 15.9. The van der Waals surface area contributed by atoms with Crippen LogP contribution in [0.3, 0.4) is 0 Å². The van der Waals surface area contributed by atoms with Crippen LogP contribution in [0, 0.1) is 6.92 Å². The largest absolute Gasteiger partial charge is 0.366 e. The van der Waals surface area contributed by atoms with Gasteiger partial charge in [-0.2, -0.15) is 0 Å². The van der Waals surface area contributed by atoms with E-state index in [-0.39, 0.29) is 6.61 Å². The number of carbonyl (C=O) groups excluding carboxylic acids is 1. The molecule has 7 nitrogen and oxygen atoms in total. The standard InChI is InChI=1S/C19H19ClN4O3/c1-11-14(17(24-27-11)15-6-5-13(20)9-22-15)10-26-19(2,3)16-7-4-12(8-23-16)18(21)25/h4-9H,10H2,1-3H3,(H2,21,25). The summed E-state index contributed by atoms with van der Waals surface area (Å²) in [4.78, 5) is 19.8. The first-order valence-corrected chi connectivity index (χ1v) is 8.63. The average Bonchev–Trinajstić information content (AvgIpc) is 3.01. The van der Waals surface area contributed by atoms with E-state index in [9.17, 15) is 4.79 Å². The van der Waals surface area contributed by atoms with Gasteiger partial charge in [0, 0.05) is 18.0 Å². The summed E-state index contributed by atoms with van der Waals surface area (Å²) in [5.41, 5.74) is 7.63. The second kappa shape index (κ2) is 7.46. The minimum atomic E-state index is -0.704. The molecule has 1 amide bonds. The Kier molecular flexibility index (Phi) is 5.25. The van der Waals surface area contributed by atoms with Crippen molar-refractivity contribution in [2.75, 3.05) is 0 Å². The highest BCUT2D eigenvalue weighted by Gasteiger charge is 2.25. The minimum absolute atomic E-state index is 0.251. The maximum absolute atomic E-state index is 11.2. The molecule has 8 heteroatoms. The number of carbonyl (C=O) groups is 1. The zero-order valence-electron chi connectivity index (χ0n) is 15.2. The Morgan fingerprint density at radius 2 is 2.00 bits per heavy atom. The molecule has 0 unspecified atom stereocenters. The Labute approximate surface area is 161 Å². The van der Waals surface area contributed by atoms with Crippen molar-refractivity contribution < 1.29 is 14.1 Å². The predicted molar refractivity (Wildman–Crippen MR) is 100 cm³/mol. The van der Waals surface area contributed by atoms with Crippen LogP contribution < -0.4 is 5.73 Å². The minimum Gasteiger partial charge on any atom is -0.366 e. The van der Waals surface area contributed by atoms with Crippen LogP contribution in [0.4, 0.5) is 0 Å². The molecule has 0 radical (unpaired) electrons. The Morgan fingerprint density at radius 3 is 2.59 bits per heavy atom. The van der Waals surface area contributed by atoms with Gasteiger partial charge in [0.25, 0.3) is 0 Å². The highest BCUT2D eigenvalue weighted by atomic mass is 35.5. The first-order chi connectivity index (χ1) is 12.8. The Bertz CT molecular complexity index is 950. The van der Waals surface area contributed by atoms with Crippen molar-refractivity contribution in [3.05, 3.63) is 64.3 Å². The number of primary amides is 1. The number of hydrogen-bond donors (Lipinski definition) is 1. The molecule has 0 aliphatic heterocycles. The Balaban J connectivity index is 1.80. The molecule has 3 aromatic heterocycles. The molecule has 0 bridgehead atoms. The van der Waals surface area contributed by atoms with Crippen LogP contribution >= 0.6 is 11.6 Å². The zero-order chi connectivity index (χ0) is 19.6. The monoisotopic (exact) mass is 386 g/mol. The van der Waals surface area contributed by atoms with Crippen molar-refractivity contribution in [1.82, 2.24) is 15.1 Å². The summed E-state index contributed by atoms with van der Waals surface area (Å²) in [7, 11) is 0. The van der Waals surface area contributed by atoms with Gasteiger partial charge in [-0.05, 0) is 45.0 Å². The quantitative estimate of drug-likeness (QED) is 0.693. The van der Waals surface area contributed by atoms with Crippen LogP contribution in [0.5, 0.6) is 0 Å². The van der Waals surface area contributed by atoms with Crippen molar-refractivity contribution in [3.8, 4) is 11.4 Å². The lowest BCUT2D eigenvalue weighted by molar-refractivity contribution is -0.0370. The molecule has 0 spiro atoms.